The van der Waals surface area contributed by atoms with Gasteiger partial charge < -0.3 is 15.0 Å². The predicted molar refractivity (Wildman–Crippen MR) is 67.5 cm³/mol. The predicted octanol–water partition coefficient (Wildman–Crippen LogP) is 2.09. The van der Waals surface area contributed by atoms with Crippen LogP contribution in [0.2, 0.25) is 0 Å². The Balaban J connectivity index is 2.08. The summed E-state index contributed by atoms with van der Waals surface area (Å²) in [4.78, 5) is 6.97. The van der Waals surface area contributed by atoms with Crippen molar-refractivity contribution in [3.05, 3.63) is 41.9 Å². The molecule has 0 atom stereocenters. The maximum absolute atomic E-state index is 13.6. The van der Waals surface area contributed by atoms with Crippen molar-refractivity contribution in [2.45, 2.75) is 6.54 Å². The molecule has 0 amide bonds. The molecule has 0 aliphatic rings. The Morgan fingerprint density at radius 1 is 1.32 bits per heavy atom. The second kappa shape index (κ2) is 6.40. The molecular formula is C13H15F2N3O. The summed E-state index contributed by atoms with van der Waals surface area (Å²) in [5.74, 6) is -0.598. The zero-order valence-electron chi connectivity index (χ0n) is 10.5. The Morgan fingerprint density at radius 3 is 2.74 bits per heavy atom. The zero-order valence-corrected chi connectivity index (χ0v) is 10.5. The summed E-state index contributed by atoms with van der Waals surface area (Å²) in [6.07, 6.45) is 1.43. The molecule has 1 aromatic carbocycles. The molecule has 102 valence electrons. The summed E-state index contributed by atoms with van der Waals surface area (Å²) in [6.45, 7) is 1.76. The van der Waals surface area contributed by atoms with E-state index in [1.807, 2.05) is 0 Å². The molecule has 6 heteroatoms. The first kappa shape index (κ1) is 13.6. The van der Waals surface area contributed by atoms with Crippen molar-refractivity contribution in [3.63, 3.8) is 0 Å². The average Bonchev–Trinajstić information content (AvgIpc) is 2.83. The van der Waals surface area contributed by atoms with Crippen LogP contribution in [0, 0.1) is 11.6 Å². The number of aromatic nitrogens is 2. The molecule has 0 saturated carbocycles. The third-order valence-electron chi connectivity index (χ3n) is 2.64. The topological polar surface area (TPSA) is 49.9 Å². The fourth-order valence-electron chi connectivity index (χ4n) is 1.72. The molecule has 0 aliphatic carbocycles. The smallest absolute Gasteiger partial charge is 0.135 e. The van der Waals surface area contributed by atoms with Crippen LogP contribution in [-0.4, -0.2) is 30.2 Å². The van der Waals surface area contributed by atoms with Gasteiger partial charge in [-0.2, -0.15) is 0 Å². The fraction of sp³-hybridized carbons (Fsp3) is 0.308. The van der Waals surface area contributed by atoms with Crippen LogP contribution in [0.15, 0.2) is 24.4 Å². The van der Waals surface area contributed by atoms with Gasteiger partial charge in [-0.15, -0.1) is 0 Å². The minimum atomic E-state index is -0.609. The fourth-order valence-corrected chi connectivity index (χ4v) is 1.72. The van der Waals surface area contributed by atoms with Crippen LogP contribution in [0.4, 0.5) is 8.78 Å². The number of aromatic amines is 1. The van der Waals surface area contributed by atoms with E-state index in [0.29, 0.717) is 31.2 Å². The molecule has 0 radical (unpaired) electrons. The summed E-state index contributed by atoms with van der Waals surface area (Å²) in [5.41, 5.74) is 0.247. The average molecular weight is 267 g/mol. The Morgan fingerprint density at radius 2 is 2.05 bits per heavy atom. The first-order valence-electron chi connectivity index (χ1n) is 5.90. The lowest BCUT2D eigenvalue weighted by atomic mass is 10.1. The number of imidazole rings is 1. The van der Waals surface area contributed by atoms with E-state index in [-0.39, 0.29) is 5.56 Å². The maximum atomic E-state index is 13.6. The number of methoxy groups -OCH3 is 1. The minimum Gasteiger partial charge on any atom is -0.383 e. The van der Waals surface area contributed by atoms with Crippen LogP contribution >= 0.6 is 0 Å². The number of hydrogen-bond donors (Lipinski definition) is 2. The summed E-state index contributed by atoms with van der Waals surface area (Å²) in [7, 11) is 1.62. The Kier molecular flexibility index (Phi) is 4.59. The van der Waals surface area contributed by atoms with Crippen LogP contribution < -0.4 is 5.32 Å². The van der Waals surface area contributed by atoms with Crippen molar-refractivity contribution in [3.8, 4) is 11.3 Å². The molecule has 1 heterocycles. The number of ether oxygens (including phenoxy) is 1. The van der Waals surface area contributed by atoms with E-state index >= 15 is 0 Å². The van der Waals surface area contributed by atoms with Crippen LogP contribution in [-0.2, 0) is 11.3 Å². The molecule has 19 heavy (non-hydrogen) atoms. The van der Waals surface area contributed by atoms with Crippen molar-refractivity contribution in [2.75, 3.05) is 20.3 Å². The van der Waals surface area contributed by atoms with Gasteiger partial charge in [-0.05, 0) is 12.1 Å². The van der Waals surface area contributed by atoms with Crippen molar-refractivity contribution < 1.29 is 13.5 Å². The van der Waals surface area contributed by atoms with E-state index in [1.54, 1.807) is 7.11 Å². The highest BCUT2D eigenvalue weighted by atomic mass is 19.1. The van der Waals surface area contributed by atoms with E-state index in [2.05, 4.69) is 15.3 Å². The van der Waals surface area contributed by atoms with Crippen molar-refractivity contribution in [1.82, 2.24) is 15.3 Å². The highest BCUT2D eigenvalue weighted by Crippen LogP contribution is 2.23. The van der Waals surface area contributed by atoms with E-state index in [9.17, 15) is 8.78 Å². The first-order valence-corrected chi connectivity index (χ1v) is 5.90. The molecule has 0 unspecified atom stereocenters. The summed E-state index contributed by atoms with van der Waals surface area (Å²) in [6, 6.07) is 3.77. The number of rotatable bonds is 6. The van der Waals surface area contributed by atoms with Gasteiger partial charge in [0.15, 0.2) is 0 Å². The SMILES string of the molecule is COCCNCc1ncc(-c2c(F)cccc2F)[nH]1. The number of nitrogens with one attached hydrogen (secondary N) is 2. The van der Waals surface area contributed by atoms with Crippen molar-refractivity contribution in [2.24, 2.45) is 0 Å². The van der Waals surface area contributed by atoms with Gasteiger partial charge in [0.2, 0.25) is 0 Å². The van der Waals surface area contributed by atoms with Crippen LogP contribution in [0.25, 0.3) is 11.3 Å². The Hall–Kier alpha value is -1.79. The molecule has 0 aliphatic heterocycles. The van der Waals surface area contributed by atoms with E-state index in [4.69, 9.17) is 4.74 Å². The Labute approximate surface area is 109 Å². The molecule has 2 rings (SSSR count). The number of nitrogens with zero attached hydrogens (tertiary/aromatic N) is 1. The molecular weight excluding hydrogens is 252 g/mol. The van der Waals surface area contributed by atoms with Gasteiger partial charge in [-0.3, -0.25) is 0 Å². The second-order valence-corrected chi connectivity index (χ2v) is 4.01. The van der Waals surface area contributed by atoms with Gasteiger partial charge in [0.1, 0.15) is 17.5 Å². The van der Waals surface area contributed by atoms with E-state index in [0.717, 1.165) is 0 Å². The standard InChI is InChI=1S/C13H15F2N3O/c1-19-6-5-16-8-12-17-7-11(18-12)13-9(14)3-2-4-10(13)15/h2-4,7,16H,5-6,8H2,1H3,(H,17,18). The normalized spacial score (nSPS) is 10.9. The van der Waals surface area contributed by atoms with E-state index < -0.39 is 11.6 Å². The van der Waals surface area contributed by atoms with Crippen molar-refractivity contribution >= 4 is 0 Å². The summed E-state index contributed by atoms with van der Waals surface area (Å²) >= 11 is 0. The maximum Gasteiger partial charge on any atom is 0.135 e. The number of H-pyrrole nitrogens is 1. The summed E-state index contributed by atoms with van der Waals surface area (Å²) < 4.78 is 32.0. The van der Waals surface area contributed by atoms with Gasteiger partial charge in [0, 0.05) is 13.7 Å². The Bertz CT molecular complexity index is 522. The number of hydrogen-bond acceptors (Lipinski definition) is 3. The molecule has 0 fully saturated rings. The minimum absolute atomic E-state index is 0.0851. The molecule has 4 nitrogen and oxygen atoms in total. The van der Waals surface area contributed by atoms with Crippen molar-refractivity contribution in [1.29, 1.82) is 0 Å². The highest BCUT2D eigenvalue weighted by Gasteiger charge is 2.13. The molecule has 0 saturated heterocycles. The van der Waals surface area contributed by atoms with Gasteiger partial charge in [-0.25, -0.2) is 13.8 Å². The lowest BCUT2D eigenvalue weighted by molar-refractivity contribution is 0.199. The summed E-state index contributed by atoms with van der Waals surface area (Å²) in [5, 5.41) is 3.09. The molecule has 2 N–H and O–H groups in total. The van der Waals surface area contributed by atoms with Gasteiger partial charge in [0.05, 0.1) is 30.6 Å². The quantitative estimate of drug-likeness (QED) is 0.788. The number of halogens is 2. The molecule has 2 aromatic rings. The largest absolute Gasteiger partial charge is 0.383 e. The van der Waals surface area contributed by atoms with Gasteiger partial charge in [0.25, 0.3) is 0 Å². The van der Waals surface area contributed by atoms with Crippen LogP contribution in [0.3, 0.4) is 0 Å². The number of benzene rings is 1. The van der Waals surface area contributed by atoms with Gasteiger partial charge in [-0.1, -0.05) is 6.07 Å². The first-order chi connectivity index (χ1) is 9.22. The highest BCUT2D eigenvalue weighted by molar-refractivity contribution is 5.60. The molecule has 0 bridgehead atoms. The molecule has 1 aromatic heterocycles. The van der Waals surface area contributed by atoms with Gasteiger partial charge >= 0.3 is 0 Å². The van der Waals surface area contributed by atoms with Crippen LogP contribution in [0.5, 0.6) is 0 Å². The van der Waals surface area contributed by atoms with Crippen LogP contribution in [0.1, 0.15) is 5.82 Å². The third kappa shape index (κ3) is 3.36. The second-order valence-electron chi connectivity index (χ2n) is 4.01. The monoisotopic (exact) mass is 267 g/mol. The third-order valence-corrected chi connectivity index (χ3v) is 2.64. The molecule has 0 spiro atoms. The lowest BCUT2D eigenvalue weighted by Gasteiger charge is -2.02. The van der Waals surface area contributed by atoms with E-state index in [1.165, 1.54) is 24.4 Å². The zero-order chi connectivity index (χ0) is 13.7. The lowest BCUT2D eigenvalue weighted by Crippen LogP contribution is -2.19.